The maximum absolute atomic E-state index is 12.4. The Balaban J connectivity index is 1.30. The summed E-state index contributed by atoms with van der Waals surface area (Å²) in [4.78, 5) is 17.1. The number of nitrogens with zero attached hydrogens (tertiary/aromatic N) is 5. The molecule has 162 valence electrons. The first-order chi connectivity index (χ1) is 15.1. The minimum absolute atomic E-state index is 0.129. The van der Waals surface area contributed by atoms with Gasteiger partial charge in [-0.1, -0.05) is 23.4 Å². The normalized spacial score (nSPS) is 14.0. The molecule has 9 heteroatoms. The molecule has 9 nitrogen and oxygen atoms in total. The van der Waals surface area contributed by atoms with Gasteiger partial charge in [0.2, 0.25) is 0 Å². The van der Waals surface area contributed by atoms with Crippen LogP contribution in [0.15, 0.2) is 42.5 Å². The molecule has 2 heterocycles. The third-order valence-corrected chi connectivity index (χ3v) is 5.62. The lowest BCUT2D eigenvalue weighted by atomic mass is 10.1. The van der Waals surface area contributed by atoms with E-state index in [1.54, 1.807) is 6.07 Å². The lowest BCUT2D eigenvalue weighted by Gasteiger charge is -2.38. The molecule has 4 N–H and O–H groups in total. The van der Waals surface area contributed by atoms with Crippen LogP contribution < -0.4 is 20.9 Å². The van der Waals surface area contributed by atoms with Crippen LogP contribution in [0.1, 0.15) is 28.2 Å². The van der Waals surface area contributed by atoms with Crippen molar-refractivity contribution in [3.8, 4) is 0 Å². The number of aromatic nitrogens is 4. The van der Waals surface area contributed by atoms with Crippen LogP contribution in [0.4, 0.5) is 17.1 Å². The fourth-order valence-corrected chi connectivity index (χ4v) is 3.93. The largest absolute Gasteiger partial charge is 0.397 e. The molecule has 0 bridgehead atoms. The van der Waals surface area contributed by atoms with Crippen molar-refractivity contribution in [2.75, 3.05) is 48.3 Å². The number of piperazine rings is 1. The Kier molecular flexibility index (Phi) is 6.30. The average Bonchev–Trinajstić information content (AvgIpc) is 3.31. The number of amides is 1. The molecular weight excluding hydrogens is 392 g/mol. The highest BCUT2D eigenvalue weighted by Crippen LogP contribution is 2.27. The minimum atomic E-state index is -0.129. The molecule has 2 aromatic carbocycles. The fourth-order valence-electron chi connectivity index (χ4n) is 3.93. The quantitative estimate of drug-likeness (QED) is 0.394. The standard InChI is InChI=1S/C22H28N8O/c1-16-5-2-3-6-19(16)29-11-13-30(14-12-29)20-9-8-17(15-18(20)23)22(31)24-10-4-7-21-25-27-28-26-21/h2-3,5-6,8-9,15H,4,7,10-14,23H2,1H3,(H,24,31)(H,25,26,27,28). The van der Waals surface area contributed by atoms with E-state index in [1.807, 2.05) is 12.1 Å². The summed E-state index contributed by atoms with van der Waals surface area (Å²) in [5.74, 6) is 0.515. The first kappa shape index (κ1) is 20.6. The lowest BCUT2D eigenvalue weighted by molar-refractivity contribution is 0.0953. The van der Waals surface area contributed by atoms with Gasteiger partial charge in [0.05, 0.1) is 11.4 Å². The van der Waals surface area contributed by atoms with Crippen LogP contribution in [0, 0.1) is 6.92 Å². The second-order valence-corrected chi connectivity index (χ2v) is 7.72. The van der Waals surface area contributed by atoms with Gasteiger partial charge in [-0.25, -0.2) is 0 Å². The van der Waals surface area contributed by atoms with E-state index in [4.69, 9.17) is 5.73 Å². The highest BCUT2D eigenvalue weighted by molar-refractivity contribution is 5.96. The smallest absolute Gasteiger partial charge is 0.251 e. The number of benzene rings is 2. The van der Waals surface area contributed by atoms with Crippen LogP contribution in [0.3, 0.4) is 0 Å². The first-order valence-corrected chi connectivity index (χ1v) is 10.6. The Morgan fingerprint density at radius 3 is 2.52 bits per heavy atom. The topological polar surface area (TPSA) is 116 Å². The second-order valence-electron chi connectivity index (χ2n) is 7.72. The molecule has 0 radical (unpaired) electrons. The van der Waals surface area contributed by atoms with Gasteiger partial charge in [0.1, 0.15) is 0 Å². The van der Waals surface area contributed by atoms with Crippen LogP contribution in [0.5, 0.6) is 0 Å². The van der Waals surface area contributed by atoms with E-state index >= 15 is 0 Å². The summed E-state index contributed by atoms with van der Waals surface area (Å²) in [5, 5.41) is 16.7. The maximum atomic E-state index is 12.4. The van der Waals surface area contributed by atoms with Gasteiger partial charge in [0.15, 0.2) is 5.82 Å². The molecular formula is C22H28N8O. The summed E-state index contributed by atoms with van der Waals surface area (Å²) >= 11 is 0. The zero-order chi connectivity index (χ0) is 21.6. The second kappa shape index (κ2) is 9.46. The highest BCUT2D eigenvalue weighted by Gasteiger charge is 2.20. The number of tetrazole rings is 1. The van der Waals surface area contributed by atoms with E-state index in [9.17, 15) is 4.79 Å². The molecule has 1 aliphatic heterocycles. The number of nitrogen functional groups attached to an aromatic ring is 1. The third kappa shape index (κ3) is 4.93. The molecule has 1 aromatic heterocycles. The Morgan fingerprint density at radius 2 is 1.84 bits per heavy atom. The van der Waals surface area contributed by atoms with Crippen molar-refractivity contribution >= 4 is 23.0 Å². The summed E-state index contributed by atoms with van der Waals surface area (Å²) in [7, 11) is 0. The Labute approximate surface area is 181 Å². The molecule has 0 saturated carbocycles. The number of nitrogens with two attached hydrogens (primary N) is 1. The van der Waals surface area contributed by atoms with Crippen molar-refractivity contribution in [1.82, 2.24) is 25.9 Å². The summed E-state index contributed by atoms with van der Waals surface area (Å²) in [6, 6.07) is 14.0. The number of nitrogens with one attached hydrogen (secondary N) is 2. The number of aromatic amines is 1. The van der Waals surface area contributed by atoms with E-state index in [1.165, 1.54) is 11.3 Å². The summed E-state index contributed by atoms with van der Waals surface area (Å²) in [5.41, 5.74) is 11.1. The van der Waals surface area contributed by atoms with E-state index in [0.717, 1.165) is 38.3 Å². The molecule has 31 heavy (non-hydrogen) atoms. The van der Waals surface area contributed by atoms with E-state index < -0.39 is 0 Å². The zero-order valence-corrected chi connectivity index (χ0v) is 17.7. The Hall–Kier alpha value is -3.62. The van der Waals surface area contributed by atoms with Crippen molar-refractivity contribution in [1.29, 1.82) is 0 Å². The van der Waals surface area contributed by atoms with Crippen molar-refractivity contribution in [2.45, 2.75) is 19.8 Å². The molecule has 0 unspecified atom stereocenters. The number of aryl methyl sites for hydroxylation is 2. The Bertz CT molecular complexity index is 1010. The van der Waals surface area contributed by atoms with Crippen LogP contribution >= 0.6 is 0 Å². The lowest BCUT2D eigenvalue weighted by Crippen LogP contribution is -2.47. The molecule has 1 saturated heterocycles. The van der Waals surface area contributed by atoms with Crippen molar-refractivity contribution < 1.29 is 4.79 Å². The monoisotopic (exact) mass is 420 g/mol. The van der Waals surface area contributed by atoms with Gasteiger partial charge < -0.3 is 20.9 Å². The van der Waals surface area contributed by atoms with Crippen LogP contribution in [0.25, 0.3) is 0 Å². The van der Waals surface area contributed by atoms with Crippen LogP contribution in [-0.2, 0) is 6.42 Å². The number of H-pyrrole nitrogens is 1. The van der Waals surface area contributed by atoms with Crippen molar-refractivity contribution in [3.63, 3.8) is 0 Å². The molecule has 1 fully saturated rings. The average molecular weight is 421 g/mol. The van der Waals surface area contributed by atoms with Gasteiger partial charge in [-0.05, 0) is 43.2 Å². The van der Waals surface area contributed by atoms with Crippen LogP contribution in [0.2, 0.25) is 0 Å². The fraction of sp³-hybridized carbons (Fsp3) is 0.364. The van der Waals surface area contributed by atoms with Crippen molar-refractivity contribution in [3.05, 3.63) is 59.4 Å². The maximum Gasteiger partial charge on any atom is 0.251 e. The highest BCUT2D eigenvalue weighted by atomic mass is 16.1. The number of anilines is 3. The number of hydrogen-bond acceptors (Lipinski definition) is 7. The third-order valence-electron chi connectivity index (χ3n) is 5.62. The minimum Gasteiger partial charge on any atom is -0.397 e. The number of carbonyl (C=O) groups excluding carboxylic acids is 1. The Morgan fingerprint density at radius 1 is 1.10 bits per heavy atom. The van der Waals surface area contributed by atoms with Gasteiger partial charge in [0.25, 0.3) is 5.91 Å². The van der Waals surface area contributed by atoms with E-state index in [2.05, 4.69) is 66.9 Å². The van der Waals surface area contributed by atoms with Gasteiger partial charge in [-0.15, -0.1) is 10.2 Å². The molecule has 0 aliphatic carbocycles. The molecule has 0 spiro atoms. The number of rotatable bonds is 7. The molecule has 4 rings (SSSR count). The van der Waals surface area contributed by atoms with E-state index in [-0.39, 0.29) is 5.91 Å². The van der Waals surface area contributed by atoms with Gasteiger partial charge in [-0.3, -0.25) is 4.79 Å². The number of carbonyl (C=O) groups is 1. The molecule has 0 atom stereocenters. The predicted molar refractivity (Wildman–Crippen MR) is 121 cm³/mol. The molecule has 3 aromatic rings. The first-order valence-electron chi connectivity index (χ1n) is 10.6. The predicted octanol–water partition coefficient (Wildman–Crippen LogP) is 1.78. The van der Waals surface area contributed by atoms with E-state index in [0.29, 0.717) is 30.0 Å². The van der Waals surface area contributed by atoms with Gasteiger partial charge >= 0.3 is 0 Å². The number of para-hydroxylation sites is 1. The zero-order valence-electron chi connectivity index (χ0n) is 17.7. The van der Waals surface area contributed by atoms with Crippen molar-refractivity contribution in [2.24, 2.45) is 0 Å². The summed E-state index contributed by atoms with van der Waals surface area (Å²) < 4.78 is 0. The molecule has 1 aliphatic rings. The SMILES string of the molecule is Cc1ccccc1N1CCN(c2ccc(C(=O)NCCCc3nn[nH]n3)cc2N)CC1. The van der Waals surface area contributed by atoms with Crippen LogP contribution in [-0.4, -0.2) is 59.3 Å². The van der Waals surface area contributed by atoms with Gasteiger partial charge in [-0.2, -0.15) is 5.21 Å². The summed E-state index contributed by atoms with van der Waals surface area (Å²) in [6.45, 7) is 6.34. The summed E-state index contributed by atoms with van der Waals surface area (Å²) in [6.07, 6.45) is 1.40. The van der Waals surface area contributed by atoms with Gasteiger partial charge in [0, 0.05) is 50.4 Å². The number of hydrogen-bond donors (Lipinski definition) is 3. The molecule has 1 amide bonds.